The number of anilines is 1. The third-order valence-electron chi connectivity index (χ3n) is 5.90. The van der Waals surface area contributed by atoms with Gasteiger partial charge in [0.1, 0.15) is 11.5 Å². The second-order valence-corrected chi connectivity index (χ2v) is 8.77. The van der Waals surface area contributed by atoms with Gasteiger partial charge in [-0.05, 0) is 61.9 Å². The predicted molar refractivity (Wildman–Crippen MR) is 130 cm³/mol. The number of ether oxygens (including phenoxy) is 1. The Morgan fingerprint density at radius 3 is 2.56 bits per heavy atom. The standard InChI is InChI=1S/C26H27N3O5/c1-15(2)20-13-8-16(3)14-23(20)34-26(30)25-17(4)24-21(6-5-7-22(24)33-25)28-27-18-9-11-19(12-10-18)29(31)32/h8-15,27H,5-7H2,1-4H3/b28-21+. The molecule has 4 rings (SSSR count). The smallest absolute Gasteiger partial charge is 0.379 e. The Morgan fingerprint density at radius 1 is 1.15 bits per heavy atom. The van der Waals surface area contributed by atoms with E-state index in [0.29, 0.717) is 29.2 Å². The number of benzene rings is 2. The zero-order valence-electron chi connectivity index (χ0n) is 19.7. The number of hydrazone groups is 1. The first kappa shape index (κ1) is 23.2. The number of hydrogen-bond acceptors (Lipinski definition) is 7. The van der Waals surface area contributed by atoms with Gasteiger partial charge in [-0.25, -0.2) is 4.79 Å². The van der Waals surface area contributed by atoms with Gasteiger partial charge in [-0.3, -0.25) is 15.5 Å². The number of nitrogens with zero attached hydrogens (tertiary/aromatic N) is 2. The molecule has 1 aliphatic carbocycles. The van der Waals surface area contributed by atoms with E-state index in [9.17, 15) is 14.9 Å². The van der Waals surface area contributed by atoms with Crippen LogP contribution in [0.25, 0.3) is 0 Å². The van der Waals surface area contributed by atoms with Crippen LogP contribution in [0.3, 0.4) is 0 Å². The monoisotopic (exact) mass is 461 g/mol. The highest BCUT2D eigenvalue weighted by atomic mass is 16.6. The summed E-state index contributed by atoms with van der Waals surface area (Å²) in [6.07, 6.45) is 2.27. The molecule has 1 aromatic heterocycles. The number of hydrogen-bond donors (Lipinski definition) is 1. The Morgan fingerprint density at radius 2 is 1.88 bits per heavy atom. The summed E-state index contributed by atoms with van der Waals surface area (Å²) in [6, 6.07) is 11.9. The maximum atomic E-state index is 13.1. The van der Waals surface area contributed by atoms with Crippen LogP contribution in [0.15, 0.2) is 52.0 Å². The number of nitro groups is 1. The molecule has 176 valence electrons. The highest BCUT2D eigenvalue weighted by Crippen LogP contribution is 2.33. The van der Waals surface area contributed by atoms with Gasteiger partial charge < -0.3 is 9.15 Å². The largest absolute Gasteiger partial charge is 0.453 e. The van der Waals surface area contributed by atoms with E-state index in [1.807, 2.05) is 32.0 Å². The first-order valence-electron chi connectivity index (χ1n) is 11.3. The van der Waals surface area contributed by atoms with Gasteiger partial charge in [0.05, 0.1) is 16.3 Å². The Balaban J connectivity index is 1.59. The van der Waals surface area contributed by atoms with Crippen LogP contribution >= 0.6 is 0 Å². The Kier molecular flexibility index (Phi) is 6.49. The average molecular weight is 462 g/mol. The van der Waals surface area contributed by atoms with Crippen LogP contribution in [-0.2, 0) is 6.42 Å². The van der Waals surface area contributed by atoms with Crippen molar-refractivity contribution in [2.45, 2.75) is 52.9 Å². The molecule has 1 heterocycles. The molecule has 0 bridgehead atoms. The highest BCUT2D eigenvalue weighted by molar-refractivity contribution is 6.06. The molecule has 1 aliphatic rings. The lowest BCUT2D eigenvalue weighted by Gasteiger charge is -2.14. The summed E-state index contributed by atoms with van der Waals surface area (Å²) in [7, 11) is 0. The summed E-state index contributed by atoms with van der Waals surface area (Å²) in [6.45, 7) is 7.91. The van der Waals surface area contributed by atoms with Crippen molar-refractivity contribution < 1.29 is 18.9 Å². The third kappa shape index (κ3) is 4.71. The second-order valence-electron chi connectivity index (χ2n) is 8.77. The average Bonchev–Trinajstić information content (AvgIpc) is 3.15. The van der Waals surface area contributed by atoms with E-state index in [1.165, 1.54) is 12.1 Å². The van der Waals surface area contributed by atoms with E-state index in [-0.39, 0.29) is 17.4 Å². The maximum Gasteiger partial charge on any atom is 0.379 e. The second kappa shape index (κ2) is 9.51. The summed E-state index contributed by atoms with van der Waals surface area (Å²) in [5.41, 5.74) is 7.87. The number of nitro benzene ring substituents is 1. The predicted octanol–water partition coefficient (Wildman–Crippen LogP) is 6.30. The molecule has 0 spiro atoms. The van der Waals surface area contributed by atoms with Crippen molar-refractivity contribution in [2.24, 2.45) is 5.10 Å². The fourth-order valence-electron chi connectivity index (χ4n) is 4.12. The van der Waals surface area contributed by atoms with Crippen molar-refractivity contribution in [2.75, 3.05) is 5.43 Å². The number of non-ortho nitro benzene ring substituents is 1. The minimum absolute atomic E-state index is 0.0150. The van der Waals surface area contributed by atoms with E-state index < -0.39 is 10.9 Å². The van der Waals surface area contributed by atoms with Crippen LogP contribution < -0.4 is 10.2 Å². The van der Waals surface area contributed by atoms with E-state index in [0.717, 1.165) is 35.2 Å². The van der Waals surface area contributed by atoms with Gasteiger partial charge in [-0.1, -0.05) is 26.0 Å². The molecule has 0 saturated heterocycles. The summed E-state index contributed by atoms with van der Waals surface area (Å²) >= 11 is 0. The van der Waals surface area contributed by atoms with Gasteiger partial charge in [-0.2, -0.15) is 5.10 Å². The van der Waals surface area contributed by atoms with Crippen molar-refractivity contribution >= 4 is 23.1 Å². The van der Waals surface area contributed by atoms with Crippen LogP contribution in [0.5, 0.6) is 5.75 Å². The topological polar surface area (TPSA) is 107 Å². The van der Waals surface area contributed by atoms with Crippen LogP contribution in [-0.4, -0.2) is 16.6 Å². The number of carbonyl (C=O) groups excluding carboxylic acids is 1. The molecule has 0 amide bonds. The summed E-state index contributed by atoms with van der Waals surface area (Å²) in [5.74, 6) is 1.13. The third-order valence-corrected chi connectivity index (χ3v) is 5.90. The molecular weight excluding hydrogens is 434 g/mol. The normalized spacial score (nSPS) is 14.2. The molecule has 0 unspecified atom stereocenters. The summed E-state index contributed by atoms with van der Waals surface area (Å²) < 4.78 is 11.8. The van der Waals surface area contributed by atoms with Crippen LogP contribution in [0, 0.1) is 24.0 Å². The van der Waals surface area contributed by atoms with Gasteiger partial charge in [0.25, 0.3) is 5.69 Å². The fourth-order valence-corrected chi connectivity index (χ4v) is 4.12. The van der Waals surface area contributed by atoms with Crippen molar-refractivity contribution in [3.8, 4) is 5.75 Å². The number of fused-ring (bicyclic) bond motifs is 1. The zero-order valence-corrected chi connectivity index (χ0v) is 19.7. The van der Waals surface area contributed by atoms with Gasteiger partial charge in [0.2, 0.25) is 5.76 Å². The number of furan rings is 1. The molecule has 34 heavy (non-hydrogen) atoms. The molecule has 0 atom stereocenters. The lowest BCUT2D eigenvalue weighted by atomic mass is 9.93. The lowest BCUT2D eigenvalue weighted by Crippen LogP contribution is -2.14. The highest BCUT2D eigenvalue weighted by Gasteiger charge is 2.29. The Hall–Kier alpha value is -3.94. The van der Waals surface area contributed by atoms with E-state index in [4.69, 9.17) is 9.15 Å². The maximum absolute atomic E-state index is 13.1. The Bertz CT molecular complexity index is 1270. The minimum atomic E-state index is -0.526. The molecule has 0 fully saturated rings. The molecule has 0 aliphatic heterocycles. The number of carbonyl (C=O) groups is 1. The SMILES string of the molecule is Cc1ccc(C(C)C)c(OC(=O)c2oc3c(c2C)/C(=N/Nc2ccc([N+](=O)[O-])cc2)CCC3)c1. The van der Waals surface area contributed by atoms with Gasteiger partial charge in [0.15, 0.2) is 0 Å². The minimum Gasteiger partial charge on any atom is -0.453 e. The molecular formula is C26H27N3O5. The fraction of sp³-hybridized carbons (Fsp3) is 0.308. The quantitative estimate of drug-likeness (QED) is 0.200. The van der Waals surface area contributed by atoms with Crippen LogP contribution in [0.1, 0.15) is 71.2 Å². The van der Waals surface area contributed by atoms with Crippen molar-refractivity contribution in [3.63, 3.8) is 0 Å². The van der Waals surface area contributed by atoms with E-state index >= 15 is 0 Å². The lowest BCUT2D eigenvalue weighted by molar-refractivity contribution is -0.384. The van der Waals surface area contributed by atoms with Gasteiger partial charge in [0, 0.05) is 29.7 Å². The van der Waals surface area contributed by atoms with Crippen molar-refractivity contribution in [1.82, 2.24) is 0 Å². The number of esters is 1. The first-order valence-corrected chi connectivity index (χ1v) is 11.3. The van der Waals surface area contributed by atoms with Crippen molar-refractivity contribution in [3.05, 3.63) is 86.4 Å². The van der Waals surface area contributed by atoms with Gasteiger partial charge in [-0.15, -0.1) is 0 Å². The summed E-state index contributed by atoms with van der Waals surface area (Å²) in [4.78, 5) is 23.5. The molecule has 8 heteroatoms. The Labute approximate surface area is 197 Å². The molecule has 3 aromatic rings. The molecule has 1 N–H and O–H groups in total. The number of rotatable bonds is 6. The van der Waals surface area contributed by atoms with Crippen molar-refractivity contribution in [1.29, 1.82) is 0 Å². The number of nitrogens with one attached hydrogen (secondary N) is 1. The van der Waals surface area contributed by atoms with Gasteiger partial charge >= 0.3 is 5.97 Å². The van der Waals surface area contributed by atoms with Crippen LogP contribution in [0.2, 0.25) is 0 Å². The van der Waals surface area contributed by atoms with Crippen LogP contribution in [0.4, 0.5) is 11.4 Å². The summed E-state index contributed by atoms with van der Waals surface area (Å²) in [5, 5.41) is 15.4. The van der Waals surface area contributed by atoms with E-state index in [2.05, 4.69) is 24.4 Å². The molecule has 0 radical (unpaired) electrons. The van der Waals surface area contributed by atoms with E-state index in [1.54, 1.807) is 12.1 Å². The molecule has 0 saturated carbocycles. The molecule has 8 nitrogen and oxygen atoms in total. The number of aryl methyl sites for hydroxylation is 2. The zero-order chi connectivity index (χ0) is 24.4. The first-order chi connectivity index (χ1) is 16.2. The molecule has 2 aromatic carbocycles.